The first-order valence-corrected chi connectivity index (χ1v) is 11.4. The minimum absolute atomic E-state index is 0.109. The molecule has 1 saturated heterocycles. The Balaban J connectivity index is 1.75. The fourth-order valence-electron chi connectivity index (χ4n) is 5.06. The van der Waals surface area contributed by atoms with Crippen molar-refractivity contribution in [1.82, 2.24) is 4.90 Å². The van der Waals surface area contributed by atoms with Gasteiger partial charge in [0, 0.05) is 0 Å². The van der Waals surface area contributed by atoms with Crippen LogP contribution in [0.2, 0.25) is 0 Å². The van der Waals surface area contributed by atoms with Crippen molar-refractivity contribution in [3.63, 3.8) is 0 Å². The van der Waals surface area contributed by atoms with Gasteiger partial charge in [-0.15, -0.1) is 0 Å². The van der Waals surface area contributed by atoms with Crippen LogP contribution >= 0.6 is 0 Å². The van der Waals surface area contributed by atoms with E-state index in [1.54, 1.807) is 0 Å². The van der Waals surface area contributed by atoms with Crippen LogP contribution < -0.4 is 0 Å². The molecule has 1 aliphatic heterocycles. The lowest BCUT2D eigenvalue weighted by Crippen LogP contribution is -2.31. The van der Waals surface area contributed by atoms with Crippen LogP contribution in [0, 0.1) is 0 Å². The summed E-state index contributed by atoms with van der Waals surface area (Å²) in [5, 5.41) is 0. The van der Waals surface area contributed by atoms with Crippen molar-refractivity contribution in [1.29, 1.82) is 0 Å². The van der Waals surface area contributed by atoms with E-state index in [2.05, 4.69) is 65.6 Å². The molecule has 0 aliphatic carbocycles. The van der Waals surface area contributed by atoms with Gasteiger partial charge >= 0.3 is 5.97 Å². The molecule has 3 atom stereocenters. The standard InChI is InChI=1S/C30H27NO2/c1-2-33-29(32)30(26-21-13-6-14-22-26)28(25-19-11-5-12-20-25)31(30)27(23-15-7-3-8-16-23)24-17-9-4-10-18-24/h3-22,27-28H,2H2,1H3/t28-,30-,31?/m1/s1. The van der Waals surface area contributed by atoms with Crippen LogP contribution in [0.5, 0.6) is 0 Å². The van der Waals surface area contributed by atoms with Crippen molar-refractivity contribution < 1.29 is 9.53 Å². The van der Waals surface area contributed by atoms with E-state index in [9.17, 15) is 4.79 Å². The molecule has 164 valence electrons. The van der Waals surface area contributed by atoms with Crippen molar-refractivity contribution in [2.45, 2.75) is 24.5 Å². The van der Waals surface area contributed by atoms with Gasteiger partial charge in [0.15, 0.2) is 5.54 Å². The van der Waals surface area contributed by atoms with E-state index in [4.69, 9.17) is 4.74 Å². The highest BCUT2D eigenvalue weighted by Gasteiger charge is 2.72. The SMILES string of the molecule is CCOC(=O)[C@@]1(c2ccccc2)[C@@H](c2ccccc2)N1C(c1ccccc1)c1ccccc1. The highest BCUT2D eigenvalue weighted by molar-refractivity contribution is 5.88. The molecule has 1 fully saturated rings. The summed E-state index contributed by atoms with van der Waals surface area (Å²) in [5.41, 5.74) is 3.44. The van der Waals surface area contributed by atoms with E-state index in [0.717, 1.165) is 22.3 Å². The van der Waals surface area contributed by atoms with Crippen LogP contribution in [0.1, 0.15) is 41.3 Å². The second-order valence-electron chi connectivity index (χ2n) is 8.30. The van der Waals surface area contributed by atoms with Gasteiger partial charge in [-0.1, -0.05) is 121 Å². The second kappa shape index (κ2) is 9.05. The van der Waals surface area contributed by atoms with Crippen LogP contribution in [0.3, 0.4) is 0 Å². The van der Waals surface area contributed by atoms with Gasteiger partial charge in [-0.2, -0.15) is 0 Å². The van der Waals surface area contributed by atoms with Crippen LogP contribution in [0.15, 0.2) is 121 Å². The third-order valence-electron chi connectivity index (χ3n) is 6.44. The summed E-state index contributed by atoms with van der Waals surface area (Å²) < 4.78 is 5.75. The molecule has 0 amide bonds. The molecule has 33 heavy (non-hydrogen) atoms. The van der Waals surface area contributed by atoms with Crippen molar-refractivity contribution >= 4 is 5.97 Å². The van der Waals surface area contributed by atoms with E-state index in [0.29, 0.717) is 6.61 Å². The molecule has 0 N–H and O–H groups in total. The van der Waals surface area contributed by atoms with E-state index in [1.807, 2.05) is 67.6 Å². The zero-order chi connectivity index (χ0) is 22.7. The fraction of sp³-hybridized carbons (Fsp3) is 0.167. The van der Waals surface area contributed by atoms with Crippen molar-refractivity contribution in [2.75, 3.05) is 6.61 Å². The number of rotatable bonds is 7. The molecule has 4 aromatic rings. The van der Waals surface area contributed by atoms with Crippen LogP contribution in [0.4, 0.5) is 0 Å². The summed E-state index contributed by atoms with van der Waals surface area (Å²) in [7, 11) is 0. The first-order chi connectivity index (χ1) is 16.3. The topological polar surface area (TPSA) is 29.3 Å². The number of nitrogens with zero attached hydrogens (tertiary/aromatic N) is 1. The van der Waals surface area contributed by atoms with E-state index in [1.165, 1.54) is 0 Å². The Bertz CT molecular complexity index is 1160. The highest BCUT2D eigenvalue weighted by atomic mass is 16.5. The van der Waals surface area contributed by atoms with E-state index >= 15 is 0 Å². The van der Waals surface area contributed by atoms with Gasteiger partial charge in [-0.05, 0) is 29.2 Å². The van der Waals surface area contributed by atoms with E-state index < -0.39 is 5.54 Å². The molecule has 4 aromatic carbocycles. The largest absolute Gasteiger partial charge is 0.464 e. The Morgan fingerprint density at radius 2 is 1.21 bits per heavy atom. The summed E-state index contributed by atoms with van der Waals surface area (Å²) >= 11 is 0. The normalized spacial score (nSPS) is 21.5. The Morgan fingerprint density at radius 1 is 0.758 bits per heavy atom. The number of hydrogen-bond acceptors (Lipinski definition) is 3. The maximum Gasteiger partial charge on any atom is 0.333 e. The third-order valence-corrected chi connectivity index (χ3v) is 6.44. The number of ether oxygens (including phenoxy) is 1. The Labute approximate surface area is 195 Å². The average molecular weight is 434 g/mol. The smallest absolute Gasteiger partial charge is 0.333 e. The summed E-state index contributed by atoms with van der Waals surface area (Å²) in [4.78, 5) is 16.1. The maximum absolute atomic E-state index is 13.8. The molecule has 0 aromatic heterocycles. The first kappa shape index (κ1) is 21.2. The maximum atomic E-state index is 13.8. The zero-order valence-electron chi connectivity index (χ0n) is 18.7. The van der Waals surface area contributed by atoms with Crippen LogP contribution in [-0.4, -0.2) is 17.5 Å². The third kappa shape index (κ3) is 3.65. The number of esters is 1. The molecule has 3 heteroatoms. The second-order valence-corrected chi connectivity index (χ2v) is 8.30. The van der Waals surface area contributed by atoms with Gasteiger partial charge in [0.1, 0.15) is 0 Å². The Kier molecular flexibility index (Phi) is 5.80. The summed E-state index contributed by atoms with van der Waals surface area (Å²) in [6.07, 6.45) is 0. The molecule has 0 radical (unpaired) electrons. The van der Waals surface area contributed by atoms with Crippen LogP contribution in [-0.2, 0) is 15.1 Å². The van der Waals surface area contributed by atoms with Gasteiger partial charge in [0.05, 0.1) is 18.7 Å². The number of carbonyl (C=O) groups excluding carboxylic acids is 1. The lowest BCUT2D eigenvalue weighted by Gasteiger charge is -2.25. The molecule has 1 heterocycles. The molecule has 0 bridgehead atoms. The van der Waals surface area contributed by atoms with Crippen LogP contribution in [0.25, 0.3) is 0 Å². The molecule has 0 saturated carbocycles. The van der Waals surface area contributed by atoms with Crippen molar-refractivity contribution in [3.8, 4) is 0 Å². The van der Waals surface area contributed by atoms with Gasteiger partial charge < -0.3 is 4.74 Å². The van der Waals surface area contributed by atoms with Crippen molar-refractivity contribution in [3.05, 3.63) is 144 Å². The van der Waals surface area contributed by atoms with Gasteiger partial charge in [-0.3, -0.25) is 4.90 Å². The van der Waals surface area contributed by atoms with Gasteiger partial charge in [0.2, 0.25) is 0 Å². The number of hydrogen-bond donors (Lipinski definition) is 0. The minimum atomic E-state index is -0.908. The van der Waals surface area contributed by atoms with E-state index in [-0.39, 0.29) is 18.1 Å². The predicted molar refractivity (Wildman–Crippen MR) is 131 cm³/mol. The summed E-state index contributed by atoms with van der Waals surface area (Å²) in [5.74, 6) is -0.207. The zero-order valence-corrected chi connectivity index (χ0v) is 18.7. The first-order valence-electron chi connectivity index (χ1n) is 11.4. The average Bonchev–Trinajstić information content (AvgIpc) is 3.57. The number of carbonyl (C=O) groups is 1. The molecule has 0 spiro atoms. The molecule has 1 unspecified atom stereocenters. The minimum Gasteiger partial charge on any atom is -0.464 e. The molecule has 5 rings (SSSR count). The molecule has 1 aliphatic rings. The molecule has 3 nitrogen and oxygen atoms in total. The molecular weight excluding hydrogens is 406 g/mol. The summed E-state index contributed by atoms with van der Waals surface area (Å²) in [6, 6.07) is 40.9. The Morgan fingerprint density at radius 3 is 1.70 bits per heavy atom. The molecular formula is C30H27NO2. The monoisotopic (exact) mass is 433 g/mol. The van der Waals surface area contributed by atoms with Gasteiger partial charge in [-0.25, -0.2) is 4.79 Å². The predicted octanol–water partition coefficient (Wildman–Crippen LogP) is 6.29. The Hall–Kier alpha value is -3.69. The van der Waals surface area contributed by atoms with Crippen molar-refractivity contribution in [2.24, 2.45) is 0 Å². The summed E-state index contributed by atoms with van der Waals surface area (Å²) in [6.45, 7) is 2.21. The lowest BCUT2D eigenvalue weighted by atomic mass is 9.91. The lowest BCUT2D eigenvalue weighted by molar-refractivity contribution is -0.148. The fourth-order valence-corrected chi connectivity index (χ4v) is 5.06. The number of benzene rings is 4. The quantitative estimate of drug-likeness (QED) is 0.253. The van der Waals surface area contributed by atoms with Gasteiger partial charge in [0.25, 0.3) is 0 Å². The highest BCUT2D eigenvalue weighted by Crippen LogP contribution is 2.65.